The number of aromatic nitrogens is 3. The zero-order valence-electron chi connectivity index (χ0n) is 15.2. The van der Waals surface area contributed by atoms with Crippen molar-refractivity contribution in [3.63, 3.8) is 0 Å². The molecule has 0 fully saturated rings. The van der Waals surface area contributed by atoms with Gasteiger partial charge in [0.25, 0.3) is 5.82 Å². The van der Waals surface area contributed by atoms with Crippen molar-refractivity contribution < 1.29 is 19.0 Å². The first-order chi connectivity index (χ1) is 14.3. The molecule has 7 nitrogen and oxygen atoms in total. The molecule has 0 N–H and O–H groups in total. The Kier molecular flexibility index (Phi) is 4.18. The van der Waals surface area contributed by atoms with E-state index >= 15 is 0 Å². The van der Waals surface area contributed by atoms with Gasteiger partial charge in [-0.15, -0.1) is 5.10 Å². The third-order valence-corrected chi connectivity index (χ3v) is 4.38. The summed E-state index contributed by atoms with van der Waals surface area (Å²) in [6.45, 7) is 0.149. The Bertz CT molecular complexity index is 1120. The standard InChI is InChI=1S/C22H15N3O4/c26-22(29-17-11-12-18-19(13-17)28-14-27-18)20-23-21(15-7-3-1-4-8-15)25(24-20)16-9-5-2-6-10-16/h1-13H,14H2. The molecule has 3 aromatic carbocycles. The number of rotatable bonds is 4. The average molecular weight is 385 g/mol. The topological polar surface area (TPSA) is 75.5 Å². The van der Waals surface area contributed by atoms with Gasteiger partial charge in [0.2, 0.25) is 6.79 Å². The van der Waals surface area contributed by atoms with E-state index in [1.807, 2.05) is 60.7 Å². The van der Waals surface area contributed by atoms with Crippen molar-refractivity contribution >= 4 is 5.97 Å². The summed E-state index contributed by atoms with van der Waals surface area (Å²) < 4.78 is 17.7. The number of fused-ring (bicyclic) bond motifs is 1. The third kappa shape index (κ3) is 3.29. The lowest BCUT2D eigenvalue weighted by atomic mass is 10.2. The van der Waals surface area contributed by atoms with Crippen LogP contribution in [0, 0.1) is 0 Å². The number of hydrogen-bond donors (Lipinski definition) is 0. The fourth-order valence-corrected chi connectivity index (χ4v) is 3.01. The van der Waals surface area contributed by atoms with Crippen LogP contribution in [0.15, 0.2) is 78.9 Å². The minimum Gasteiger partial charge on any atom is -0.454 e. The van der Waals surface area contributed by atoms with Gasteiger partial charge in [-0.1, -0.05) is 48.5 Å². The SMILES string of the molecule is O=C(Oc1ccc2c(c1)OCO2)c1nc(-c2ccccc2)n(-c2ccccc2)n1. The normalized spacial score (nSPS) is 12.0. The molecule has 7 heteroatoms. The van der Waals surface area contributed by atoms with E-state index in [0.717, 1.165) is 11.3 Å². The Morgan fingerprint density at radius 1 is 0.897 bits per heavy atom. The van der Waals surface area contributed by atoms with E-state index in [1.165, 1.54) is 0 Å². The number of esters is 1. The predicted octanol–water partition coefficient (Wildman–Crippen LogP) is 3.88. The van der Waals surface area contributed by atoms with Gasteiger partial charge in [-0.25, -0.2) is 14.5 Å². The first-order valence-electron chi connectivity index (χ1n) is 8.98. The Morgan fingerprint density at radius 2 is 1.62 bits per heavy atom. The molecule has 4 aromatic rings. The fraction of sp³-hybridized carbons (Fsp3) is 0.0455. The zero-order valence-corrected chi connectivity index (χ0v) is 15.2. The number of benzene rings is 3. The highest BCUT2D eigenvalue weighted by molar-refractivity contribution is 5.88. The van der Waals surface area contributed by atoms with Crippen molar-refractivity contribution in [3.05, 3.63) is 84.7 Å². The van der Waals surface area contributed by atoms with Crippen LogP contribution in [0.25, 0.3) is 17.1 Å². The Morgan fingerprint density at radius 3 is 2.41 bits per heavy atom. The summed E-state index contributed by atoms with van der Waals surface area (Å²) in [6.07, 6.45) is 0. The first-order valence-corrected chi connectivity index (χ1v) is 8.98. The molecule has 0 atom stereocenters. The average Bonchev–Trinajstić information content (AvgIpc) is 3.42. The predicted molar refractivity (Wildman–Crippen MR) is 104 cm³/mol. The first kappa shape index (κ1) is 17.0. The van der Waals surface area contributed by atoms with E-state index < -0.39 is 5.97 Å². The number of carbonyl (C=O) groups excluding carboxylic acids is 1. The van der Waals surface area contributed by atoms with Crippen LogP contribution in [0.5, 0.6) is 17.2 Å². The van der Waals surface area contributed by atoms with E-state index in [-0.39, 0.29) is 12.6 Å². The van der Waals surface area contributed by atoms with Crippen molar-refractivity contribution in [1.82, 2.24) is 14.8 Å². The second-order valence-corrected chi connectivity index (χ2v) is 6.28. The summed E-state index contributed by atoms with van der Waals surface area (Å²) in [4.78, 5) is 17.2. The molecular formula is C22H15N3O4. The van der Waals surface area contributed by atoms with Gasteiger partial charge in [-0.05, 0) is 24.3 Å². The fourth-order valence-electron chi connectivity index (χ4n) is 3.01. The molecule has 1 aliphatic rings. The molecule has 2 heterocycles. The summed E-state index contributed by atoms with van der Waals surface area (Å²) in [7, 11) is 0. The van der Waals surface area contributed by atoms with Gasteiger partial charge in [0.05, 0.1) is 5.69 Å². The quantitative estimate of drug-likeness (QED) is 0.392. The molecule has 1 aromatic heterocycles. The summed E-state index contributed by atoms with van der Waals surface area (Å²) in [5.74, 6) is 1.33. The van der Waals surface area contributed by atoms with Crippen LogP contribution in [0.4, 0.5) is 0 Å². The van der Waals surface area contributed by atoms with Gasteiger partial charge in [0.1, 0.15) is 5.75 Å². The lowest BCUT2D eigenvalue weighted by molar-refractivity contribution is 0.0722. The van der Waals surface area contributed by atoms with E-state index in [0.29, 0.717) is 23.1 Å². The van der Waals surface area contributed by atoms with Crippen LogP contribution in [0.1, 0.15) is 10.6 Å². The molecule has 29 heavy (non-hydrogen) atoms. The number of hydrogen-bond acceptors (Lipinski definition) is 6. The molecule has 5 rings (SSSR count). The molecule has 0 aliphatic carbocycles. The molecule has 0 unspecified atom stereocenters. The van der Waals surface area contributed by atoms with Crippen molar-refractivity contribution in [2.24, 2.45) is 0 Å². The van der Waals surface area contributed by atoms with Crippen LogP contribution in [0.3, 0.4) is 0 Å². The highest BCUT2D eigenvalue weighted by Crippen LogP contribution is 2.35. The molecular weight excluding hydrogens is 370 g/mol. The summed E-state index contributed by atoms with van der Waals surface area (Å²) in [6, 6.07) is 24.0. The van der Waals surface area contributed by atoms with Crippen molar-refractivity contribution in [2.45, 2.75) is 0 Å². The minimum absolute atomic E-state index is 0.0367. The van der Waals surface area contributed by atoms with Gasteiger partial charge in [-0.2, -0.15) is 0 Å². The van der Waals surface area contributed by atoms with Crippen molar-refractivity contribution in [3.8, 4) is 34.3 Å². The molecule has 0 bridgehead atoms. The molecule has 0 amide bonds. The highest BCUT2D eigenvalue weighted by Gasteiger charge is 2.22. The number of nitrogens with zero attached hydrogens (tertiary/aromatic N) is 3. The maximum Gasteiger partial charge on any atom is 0.383 e. The monoisotopic (exact) mass is 385 g/mol. The minimum atomic E-state index is -0.657. The number of ether oxygens (including phenoxy) is 3. The lowest BCUT2D eigenvalue weighted by Gasteiger charge is -2.05. The largest absolute Gasteiger partial charge is 0.454 e. The van der Waals surface area contributed by atoms with Crippen LogP contribution < -0.4 is 14.2 Å². The molecule has 0 spiro atoms. The van der Waals surface area contributed by atoms with Gasteiger partial charge in [-0.3, -0.25) is 0 Å². The molecule has 1 aliphatic heterocycles. The second-order valence-electron chi connectivity index (χ2n) is 6.28. The molecule has 0 saturated carbocycles. The lowest BCUT2D eigenvalue weighted by Crippen LogP contribution is -2.11. The summed E-state index contributed by atoms with van der Waals surface area (Å²) in [5.41, 5.74) is 1.63. The number of carbonyl (C=O) groups is 1. The second kappa shape index (κ2) is 7.12. The smallest absolute Gasteiger partial charge is 0.383 e. The zero-order chi connectivity index (χ0) is 19.6. The van der Waals surface area contributed by atoms with E-state index in [1.54, 1.807) is 22.9 Å². The summed E-state index contributed by atoms with van der Waals surface area (Å²) >= 11 is 0. The van der Waals surface area contributed by atoms with Gasteiger partial charge >= 0.3 is 5.97 Å². The van der Waals surface area contributed by atoms with Gasteiger partial charge in [0.15, 0.2) is 17.3 Å². The van der Waals surface area contributed by atoms with Crippen LogP contribution in [0.2, 0.25) is 0 Å². The van der Waals surface area contributed by atoms with Gasteiger partial charge in [0, 0.05) is 11.6 Å². The Labute approximate surface area is 166 Å². The molecule has 0 saturated heterocycles. The Balaban J connectivity index is 1.50. The Hall–Kier alpha value is -4.13. The summed E-state index contributed by atoms with van der Waals surface area (Å²) in [5, 5.41) is 4.40. The van der Waals surface area contributed by atoms with Gasteiger partial charge < -0.3 is 14.2 Å². The number of para-hydroxylation sites is 1. The highest BCUT2D eigenvalue weighted by atomic mass is 16.7. The van der Waals surface area contributed by atoms with Crippen LogP contribution >= 0.6 is 0 Å². The van der Waals surface area contributed by atoms with E-state index in [2.05, 4.69) is 10.1 Å². The van der Waals surface area contributed by atoms with E-state index in [9.17, 15) is 4.79 Å². The van der Waals surface area contributed by atoms with E-state index in [4.69, 9.17) is 14.2 Å². The van der Waals surface area contributed by atoms with Crippen molar-refractivity contribution in [1.29, 1.82) is 0 Å². The van der Waals surface area contributed by atoms with Crippen molar-refractivity contribution in [2.75, 3.05) is 6.79 Å². The molecule has 0 radical (unpaired) electrons. The third-order valence-electron chi connectivity index (χ3n) is 4.38. The van der Waals surface area contributed by atoms with Crippen LogP contribution in [-0.4, -0.2) is 27.5 Å². The molecule has 142 valence electrons. The maximum atomic E-state index is 12.7. The van der Waals surface area contributed by atoms with Crippen LogP contribution in [-0.2, 0) is 0 Å². The maximum absolute atomic E-state index is 12.7.